The van der Waals surface area contributed by atoms with Gasteiger partial charge in [-0.3, -0.25) is 4.90 Å². The quantitative estimate of drug-likeness (QED) is 0.779. The number of hydrogen-bond donors (Lipinski definition) is 1. The van der Waals surface area contributed by atoms with E-state index in [1.165, 1.54) is 17.7 Å². The van der Waals surface area contributed by atoms with Crippen molar-refractivity contribution >= 4 is 28.5 Å². The van der Waals surface area contributed by atoms with Crippen molar-refractivity contribution in [3.63, 3.8) is 0 Å². The summed E-state index contributed by atoms with van der Waals surface area (Å²) < 4.78 is 0. The summed E-state index contributed by atoms with van der Waals surface area (Å²) in [6.07, 6.45) is 2.60. The van der Waals surface area contributed by atoms with Crippen LogP contribution in [-0.2, 0) is 6.54 Å². The first-order valence-electron chi connectivity index (χ1n) is 4.80. The van der Waals surface area contributed by atoms with Gasteiger partial charge in [0.25, 0.3) is 0 Å². The average Bonchev–Trinajstić information content (AvgIpc) is 2.85. The molecule has 0 aromatic carbocycles. The molecular formula is C10H14N2S2. The first kappa shape index (κ1) is 10.1. The molecule has 0 atom stereocenters. The molecule has 1 fully saturated rings. The Morgan fingerprint density at radius 3 is 2.93 bits per heavy atom. The van der Waals surface area contributed by atoms with Gasteiger partial charge < -0.3 is 5.73 Å². The van der Waals surface area contributed by atoms with E-state index in [-0.39, 0.29) is 0 Å². The van der Waals surface area contributed by atoms with E-state index in [0.29, 0.717) is 4.99 Å². The van der Waals surface area contributed by atoms with Crippen LogP contribution in [0.15, 0.2) is 17.5 Å². The summed E-state index contributed by atoms with van der Waals surface area (Å²) in [6, 6.07) is 4.98. The molecule has 14 heavy (non-hydrogen) atoms. The Labute approximate surface area is 93.7 Å². The predicted molar refractivity (Wildman–Crippen MR) is 64.5 cm³/mol. The summed E-state index contributed by atoms with van der Waals surface area (Å²) in [5, 5.41) is 2.11. The minimum atomic E-state index is 0.605. The van der Waals surface area contributed by atoms with Crippen molar-refractivity contribution in [2.75, 3.05) is 6.54 Å². The van der Waals surface area contributed by atoms with Gasteiger partial charge >= 0.3 is 0 Å². The topological polar surface area (TPSA) is 29.3 Å². The smallest absolute Gasteiger partial charge is 0.0870 e. The normalized spacial score (nSPS) is 16.1. The van der Waals surface area contributed by atoms with Crippen LogP contribution >= 0.6 is 23.6 Å². The lowest BCUT2D eigenvalue weighted by molar-refractivity contribution is 0.295. The third kappa shape index (κ3) is 2.77. The zero-order valence-corrected chi connectivity index (χ0v) is 9.61. The van der Waals surface area contributed by atoms with Crippen LogP contribution in [0.2, 0.25) is 0 Å². The summed E-state index contributed by atoms with van der Waals surface area (Å²) in [5.41, 5.74) is 5.58. The molecule has 0 saturated heterocycles. The number of hydrogen-bond acceptors (Lipinski definition) is 3. The second-order valence-corrected chi connectivity index (χ2v) is 5.24. The number of nitrogens with two attached hydrogens (primary N) is 1. The standard InChI is InChI=1S/C10H14N2S2/c11-10(13)7-12(8-3-4-8)6-9-2-1-5-14-9/h1-2,5,8H,3-4,6-7H2,(H2,11,13). The second-order valence-electron chi connectivity index (χ2n) is 3.68. The maximum atomic E-state index is 5.58. The van der Waals surface area contributed by atoms with Gasteiger partial charge in [0.1, 0.15) is 0 Å². The van der Waals surface area contributed by atoms with Crippen molar-refractivity contribution < 1.29 is 0 Å². The van der Waals surface area contributed by atoms with Crippen LogP contribution in [0, 0.1) is 0 Å². The van der Waals surface area contributed by atoms with Gasteiger partial charge in [0.05, 0.1) is 4.99 Å². The number of thiocarbonyl (C=S) groups is 1. The average molecular weight is 226 g/mol. The third-order valence-corrected chi connectivity index (χ3v) is 3.35. The Hall–Kier alpha value is -0.450. The van der Waals surface area contributed by atoms with E-state index in [9.17, 15) is 0 Å². The Kier molecular flexibility index (Phi) is 3.15. The van der Waals surface area contributed by atoms with Crippen molar-refractivity contribution in [3.05, 3.63) is 22.4 Å². The molecule has 2 rings (SSSR count). The van der Waals surface area contributed by atoms with E-state index >= 15 is 0 Å². The Morgan fingerprint density at radius 2 is 2.43 bits per heavy atom. The molecule has 1 heterocycles. The highest BCUT2D eigenvalue weighted by atomic mass is 32.1. The van der Waals surface area contributed by atoms with Crippen LogP contribution in [0.3, 0.4) is 0 Å². The molecule has 1 aliphatic carbocycles. The number of thiophene rings is 1. The third-order valence-electron chi connectivity index (χ3n) is 2.36. The molecule has 0 amide bonds. The van der Waals surface area contributed by atoms with Crippen molar-refractivity contribution in [2.24, 2.45) is 5.73 Å². The molecule has 2 N–H and O–H groups in total. The summed E-state index contributed by atoms with van der Waals surface area (Å²) >= 11 is 6.75. The Morgan fingerprint density at radius 1 is 1.64 bits per heavy atom. The molecule has 1 aromatic rings. The predicted octanol–water partition coefficient (Wildman–Crippen LogP) is 2.00. The zero-order chi connectivity index (χ0) is 9.97. The molecule has 76 valence electrons. The van der Waals surface area contributed by atoms with Gasteiger partial charge in [-0.1, -0.05) is 18.3 Å². The molecule has 1 aliphatic rings. The molecule has 0 spiro atoms. The Balaban J connectivity index is 1.93. The lowest BCUT2D eigenvalue weighted by Gasteiger charge is -2.20. The lowest BCUT2D eigenvalue weighted by atomic mass is 10.4. The van der Waals surface area contributed by atoms with Crippen molar-refractivity contribution in [2.45, 2.75) is 25.4 Å². The molecule has 2 nitrogen and oxygen atoms in total. The van der Waals surface area contributed by atoms with Gasteiger partial charge in [-0.15, -0.1) is 11.3 Å². The van der Waals surface area contributed by atoms with Gasteiger partial charge in [0, 0.05) is 24.0 Å². The lowest BCUT2D eigenvalue weighted by Crippen LogP contribution is -2.33. The maximum Gasteiger partial charge on any atom is 0.0870 e. The van der Waals surface area contributed by atoms with Crippen LogP contribution in [0.4, 0.5) is 0 Å². The van der Waals surface area contributed by atoms with Crippen LogP contribution in [0.1, 0.15) is 17.7 Å². The Bertz CT molecular complexity index is 304. The number of rotatable bonds is 5. The van der Waals surface area contributed by atoms with Gasteiger partial charge in [-0.2, -0.15) is 0 Å². The second kappa shape index (κ2) is 4.38. The van der Waals surface area contributed by atoms with Gasteiger partial charge in [-0.05, 0) is 24.3 Å². The van der Waals surface area contributed by atoms with Crippen molar-refractivity contribution in [3.8, 4) is 0 Å². The van der Waals surface area contributed by atoms with Gasteiger partial charge in [0.2, 0.25) is 0 Å². The van der Waals surface area contributed by atoms with Crippen molar-refractivity contribution in [1.82, 2.24) is 4.90 Å². The summed E-state index contributed by atoms with van der Waals surface area (Å²) in [7, 11) is 0. The fourth-order valence-corrected chi connectivity index (χ4v) is 2.45. The van der Waals surface area contributed by atoms with E-state index in [4.69, 9.17) is 18.0 Å². The molecule has 0 aliphatic heterocycles. The van der Waals surface area contributed by atoms with Crippen LogP contribution in [-0.4, -0.2) is 22.5 Å². The van der Waals surface area contributed by atoms with Crippen molar-refractivity contribution in [1.29, 1.82) is 0 Å². The monoisotopic (exact) mass is 226 g/mol. The SMILES string of the molecule is NC(=S)CN(Cc1cccs1)C1CC1. The highest BCUT2D eigenvalue weighted by molar-refractivity contribution is 7.80. The molecular weight excluding hydrogens is 212 g/mol. The van der Waals surface area contributed by atoms with E-state index in [0.717, 1.165) is 19.1 Å². The largest absolute Gasteiger partial charge is 0.392 e. The minimum absolute atomic E-state index is 0.605. The molecule has 0 bridgehead atoms. The van der Waals surface area contributed by atoms with Crippen LogP contribution in [0.5, 0.6) is 0 Å². The summed E-state index contributed by atoms with van der Waals surface area (Å²) in [6.45, 7) is 1.76. The highest BCUT2D eigenvalue weighted by Gasteiger charge is 2.29. The molecule has 4 heteroatoms. The maximum absolute atomic E-state index is 5.58. The number of nitrogens with zero attached hydrogens (tertiary/aromatic N) is 1. The molecule has 1 saturated carbocycles. The molecule has 0 radical (unpaired) electrons. The highest BCUT2D eigenvalue weighted by Crippen LogP contribution is 2.28. The minimum Gasteiger partial charge on any atom is -0.392 e. The van der Waals surface area contributed by atoms with Gasteiger partial charge in [-0.25, -0.2) is 0 Å². The fourth-order valence-electron chi connectivity index (χ4n) is 1.56. The van der Waals surface area contributed by atoms with Gasteiger partial charge in [0.15, 0.2) is 0 Å². The van der Waals surface area contributed by atoms with E-state index in [2.05, 4.69) is 22.4 Å². The van der Waals surface area contributed by atoms with E-state index in [1.54, 1.807) is 11.3 Å². The summed E-state index contributed by atoms with van der Waals surface area (Å²) in [4.78, 5) is 4.38. The van der Waals surface area contributed by atoms with E-state index < -0.39 is 0 Å². The fraction of sp³-hybridized carbons (Fsp3) is 0.500. The molecule has 1 aromatic heterocycles. The van der Waals surface area contributed by atoms with Crippen LogP contribution in [0.25, 0.3) is 0 Å². The first-order chi connectivity index (χ1) is 6.75. The van der Waals surface area contributed by atoms with E-state index in [1.807, 2.05) is 0 Å². The first-order valence-corrected chi connectivity index (χ1v) is 6.09. The summed E-state index contributed by atoms with van der Waals surface area (Å²) in [5.74, 6) is 0. The molecule has 0 unspecified atom stereocenters. The van der Waals surface area contributed by atoms with Crippen LogP contribution < -0.4 is 5.73 Å². The zero-order valence-electron chi connectivity index (χ0n) is 7.98.